The summed E-state index contributed by atoms with van der Waals surface area (Å²) in [7, 11) is 0. The molecule has 1 fully saturated rings. The van der Waals surface area contributed by atoms with Crippen LogP contribution in [0.1, 0.15) is 32.3 Å². The fourth-order valence-corrected chi connectivity index (χ4v) is 3.29. The van der Waals surface area contributed by atoms with E-state index >= 15 is 0 Å². The SMILES string of the molecule is CCN(CC)C(=O)C1CCCN(c2ccc(N=CNO)c(C)c2)C1. The number of nitrogens with one attached hydrogen (secondary N) is 1. The molecule has 1 aromatic carbocycles. The Balaban J connectivity index is 2.10. The summed E-state index contributed by atoms with van der Waals surface area (Å²) in [6.45, 7) is 9.36. The van der Waals surface area contributed by atoms with Crippen molar-refractivity contribution in [2.24, 2.45) is 10.9 Å². The first kappa shape index (κ1) is 18.3. The summed E-state index contributed by atoms with van der Waals surface area (Å²) in [4.78, 5) is 21.0. The molecule has 6 nitrogen and oxygen atoms in total. The van der Waals surface area contributed by atoms with Gasteiger partial charge in [-0.05, 0) is 57.4 Å². The van der Waals surface area contributed by atoms with E-state index in [1.165, 1.54) is 6.34 Å². The van der Waals surface area contributed by atoms with Crippen LogP contribution in [-0.2, 0) is 4.79 Å². The topological polar surface area (TPSA) is 68.2 Å². The number of carbonyl (C=O) groups excluding carboxylic acids is 1. The van der Waals surface area contributed by atoms with E-state index in [0.717, 1.165) is 56.0 Å². The summed E-state index contributed by atoms with van der Waals surface area (Å²) >= 11 is 0. The maximum absolute atomic E-state index is 12.6. The van der Waals surface area contributed by atoms with Crippen molar-refractivity contribution in [2.75, 3.05) is 31.1 Å². The summed E-state index contributed by atoms with van der Waals surface area (Å²) in [5.74, 6) is 0.354. The highest BCUT2D eigenvalue weighted by molar-refractivity contribution is 5.80. The molecule has 1 saturated heterocycles. The van der Waals surface area contributed by atoms with Crippen LogP contribution in [-0.4, -0.2) is 48.5 Å². The van der Waals surface area contributed by atoms with Crippen molar-refractivity contribution in [3.8, 4) is 0 Å². The Labute approximate surface area is 144 Å². The number of benzene rings is 1. The number of piperidine rings is 1. The third kappa shape index (κ3) is 4.26. The van der Waals surface area contributed by atoms with Gasteiger partial charge in [-0.2, -0.15) is 0 Å². The number of nitrogens with zero attached hydrogens (tertiary/aromatic N) is 3. The summed E-state index contributed by atoms with van der Waals surface area (Å²) < 4.78 is 0. The smallest absolute Gasteiger partial charge is 0.227 e. The summed E-state index contributed by atoms with van der Waals surface area (Å²) in [6.07, 6.45) is 3.25. The van der Waals surface area contributed by atoms with Crippen LogP contribution < -0.4 is 10.4 Å². The van der Waals surface area contributed by atoms with Crippen molar-refractivity contribution in [2.45, 2.75) is 33.6 Å². The molecule has 1 unspecified atom stereocenters. The Morgan fingerprint density at radius 2 is 2.21 bits per heavy atom. The molecule has 0 aromatic heterocycles. The number of aryl methyl sites for hydroxylation is 1. The van der Waals surface area contributed by atoms with Gasteiger partial charge in [-0.25, -0.2) is 4.99 Å². The first-order chi connectivity index (χ1) is 11.6. The molecule has 1 heterocycles. The van der Waals surface area contributed by atoms with Gasteiger partial charge in [0.05, 0.1) is 11.6 Å². The lowest BCUT2D eigenvalue weighted by Gasteiger charge is -2.36. The minimum atomic E-state index is 0.0789. The Kier molecular flexibility index (Phi) is 6.61. The lowest BCUT2D eigenvalue weighted by atomic mass is 9.95. The van der Waals surface area contributed by atoms with Gasteiger partial charge < -0.3 is 9.80 Å². The average Bonchev–Trinajstić information content (AvgIpc) is 2.61. The molecular weight excluding hydrogens is 304 g/mol. The Morgan fingerprint density at radius 3 is 2.83 bits per heavy atom. The molecule has 24 heavy (non-hydrogen) atoms. The molecule has 0 spiro atoms. The Hall–Kier alpha value is -2.08. The first-order valence-corrected chi connectivity index (χ1v) is 8.67. The van der Waals surface area contributed by atoms with Crippen LogP contribution in [0.15, 0.2) is 23.2 Å². The third-order valence-corrected chi connectivity index (χ3v) is 4.65. The van der Waals surface area contributed by atoms with Crippen molar-refractivity contribution in [3.63, 3.8) is 0 Å². The molecule has 0 saturated carbocycles. The minimum Gasteiger partial charge on any atom is -0.371 e. The highest BCUT2D eigenvalue weighted by atomic mass is 16.5. The molecule has 2 rings (SSSR count). The molecule has 1 aliphatic heterocycles. The molecule has 0 radical (unpaired) electrons. The maximum Gasteiger partial charge on any atom is 0.227 e. The van der Waals surface area contributed by atoms with Gasteiger partial charge >= 0.3 is 0 Å². The zero-order valence-electron chi connectivity index (χ0n) is 14.8. The van der Waals surface area contributed by atoms with Gasteiger partial charge in [0, 0.05) is 31.9 Å². The van der Waals surface area contributed by atoms with Gasteiger partial charge in [0.25, 0.3) is 0 Å². The second-order valence-corrected chi connectivity index (χ2v) is 6.15. The normalized spacial score (nSPS) is 18.0. The molecule has 0 bridgehead atoms. The minimum absolute atomic E-state index is 0.0789. The molecular formula is C18H28N4O2. The second-order valence-electron chi connectivity index (χ2n) is 6.15. The van der Waals surface area contributed by atoms with Crippen molar-refractivity contribution in [3.05, 3.63) is 23.8 Å². The van der Waals surface area contributed by atoms with Crippen LogP contribution in [0.4, 0.5) is 11.4 Å². The molecule has 1 amide bonds. The van der Waals surface area contributed by atoms with Crippen LogP contribution in [0, 0.1) is 12.8 Å². The molecule has 2 N–H and O–H groups in total. The molecule has 0 aliphatic carbocycles. The van der Waals surface area contributed by atoms with Crippen LogP contribution >= 0.6 is 0 Å². The zero-order chi connectivity index (χ0) is 17.5. The fourth-order valence-electron chi connectivity index (χ4n) is 3.29. The largest absolute Gasteiger partial charge is 0.371 e. The van der Waals surface area contributed by atoms with E-state index in [4.69, 9.17) is 5.21 Å². The standard InChI is InChI=1S/C18H28N4O2/c1-4-21(5-2)18(23)15-7-6-10-22(12-15)16-8-9-17(14(3)11-16)19-13-20-24/h8-9,11,13,15,24H,4-7,10,12H2,1-3H3,(H,19,20). The van der Waals surface area contributed by atoms with Crippen molar-refractivity contribution >= 4 is 23.6 Å². The first-order valence-electron chi connectivity index (χ1n) is 8.67. The van der Waals surface area contributed by atoms with Gasteiger partial charge in [-0.15, -0.1) is 0 Å². The van der Waals surface area contributed by atoms with E-state index in [-0.39, 0.29) is 11.8 Å². The molecule has 6 heteroatoms. The second kappa shape index (κ2) is 8.68. The molecule has 1 atom stereocenters. The average molecular weight is 332 g/mol. The maximum atomic E-state index is 12.6. The lowest BCUT2D eigenvalue weighted by Crippen LogP contribution is -2.44. The Bertz CT molecular complexity index is 584. The van der Waals surface area contributed by atoms with Gasteiger partial charge in [0.2, 0.25) is 5.91 Å². The number of amides is 1. The van der Waals surface area contributed by atoms with E-state index in [2.05, 4.69) is 16.0 Å². The molecule has 1 aliphatic rings. The van der Waals surface area contributed by atoms with E-state index in [9.17, 15) is 4.79 Å². The summed E-state index contributed by atoms with van der Waals surface area (Å²) in [5.41, 5.74) is 4.89. The van der Waals surface area contributed by atoms with Crippen LogP contribution in [0.3, 0.4) is 0 Å². The highest BCUT2D eigenvalue weighted by Gasteiger charge is 2.28. The predicted octanol–water partition coefficient (Wildman–Crippen LogP) is 2.72. The van der Waals surface area contributed by atoms with Crippen molar-refractivity contribution in [1.29, 1.82) is 0 Å². The van der Waals surface area contributed by atoms with Crippen molar-refractivity contribution < 1.29 is 10.0 Å². The Morgan fingerprint density at radius 1 is 1.46 bits per heavy atom. The van der Waals surface area contributed by atoms with Gasteiger partial charge in [-0.1, -0.05) is 0 Å². The molecule has 132 valence electrons. The predicted molar refractivity (Wildman–Crippen MR) is 97.1 cm³/mol. The van der Waals surface area contributed by atoms with E-state index < -0.39 is 0 Å². The van der Waals surface area contributed by atoms with Crippen LogP contribution in [0.2, 0.25) is 0 Å². The zero-order valence-corrected chi connectivity index (χ0v) is 14.8. The van der Waals surface area contributed by atoms with Crippen LogP contribution in [0.25, 0.3) is 0 Å². The fraction of sp³-hybridized carbons (Fsp3) is 0.556. The number of hydrogen-bond donors (Lipinski definition) is 2. The number of carbonyl (C=O) groups is 1. The van der Waals surface area contributed by atoms with Gasteiger partial charge in [0.15, 0.2) is 0 Å². The number of anilines is 1. The quantitative estimate of drug-likeness (QED) is 0.477. The monoisotopic (exact) mass is 332 g/mol. The number of rotatable bonds is 6. The highest BCUT2D eigenvalue weighted by Crippen LogP contribution is 2.28. The summed E-state index contributed by atoms with van der Waals surface area (Å²) in [5, 5.41) is 8.60. The van der Waals surface area contributed by atoms with Crippen LogP contribution in [0.5, 0.6) is 0 Å². The van der Waals surface area contributed by atoms with E-state index in [1.807, 2.05) is 43.3 Å². The summed E-state index contributed by atoms with van der Waals surface area (Å²) in [6, 6.07) is 6.06. The van der Waals surface area contributed by atoms with E-state index in [0.29, 0.717) is 0 Å². The number of hydroxylamine groups is 1. The molecule has 1 aromatic rings. The third-order valence-electron chi connectivity index (χ3n) is 4.65. The van der Waals surface area contributed by atoms with E-state index in [1.54, 1.807) is 0 Å². The van der Waals surface area contributed by atoms with Crippen molar-refractivity contribution in [1.82, 2.24) is 10.4 Å². The lowest BCUT2D eigenvalue weighted by molar-refractivity contribution is -0.135. The van der Waals surface area contributed by atoms with Gasteiger partial charge in [-0.3, -0.25) is 15.5 Å². The number of aliphatic imine (C=N–C) groups is 1. The number of hydrogen-bond acceptors (Lipinski definition) is 4. The van der Waals surface area contributed by atoms with Gasteiger partial charge in [0.1, 0.15) is 6.34 Å².